The minimum absolute atomic E-state index is 0.00178. The molecule has 1 saturated carbocycles. The van der Waals surface area contributed by atoms with Gasteiger partial charge in [0.05, 0.1) is 23.2 Å². The zero-order valence-corrected chi connectivity index (χ0v) is 11.5. The number of thiazole rings is 1. The molecule has 18 heavy (non-hydrogen) atoms. The Labute approximate surface area is 111 Å². The van der Waals surface area contributed by atoms with Gasteiger partial charge in [-0.1, -0.05) is 12.8 Å². The Morgan fingerprint density at radius 2 is 2.33 bits per heavy atom. The van der Waals surface area contributed by atoms with E-state index < -0.39 is 0 Å². The number of nitrogens with zero attached hydrogens (tertiary/aromatic N) is 1. The maximum absolute atomic E-state index is 11.7. The summed E-state index contributed by atoms with van der Waals surface area (Å²) in [6.07, 6.45) is 4.23. The quantitative estimate of drug-likeness (QED) is 0.873. The fraction of sp³-hybridized carbons (Fsp3) is 0.692. The number of aliphatic hydroxyl groups excluding tert-OH is 1. The van der Waals surface area contributed by atoms with Gasteiger partial charge in [0, 0.05) is 17.8 Å². The Bertz CT molecular complexity index is 405. The van der Waals surface area contributed by atoms with Gasteiger partial charge in [0.1, 0.15) is 0 Å². The largest absolute Gasteiger partial charge is 0.393 e. The van der Waals surface area contributed by atoms with Gasteiger partial charge in [0.15, 0.2) is 0 Å². The lowest BCUT2D eigenvalue weighted by Gasteiger charge is -2.27. The second-order valence-electron chi connectivity index (χ2n) is 4.95. The Morgan fingerprint density at radius 3 is 3.00 bits per heavy atom. The summed E-state index contributed by atoms with van der Waals surface area (Å²) in [7, 11) is 0. The lowest BCUT2D eigenvalue weighted by molar-refractivity contribution is -0.120. The van der Waals surface area contributed by atoms with Crippen molar-refractivity contribution in [2.24, 2.45) is 5.92 Å². The van der Waals surface area contributed by atoms with Gasteiger partial charge in [-0.25, -0.2) is 4.98 Å². The van der Waals surface area contributed by atoms with Crippen molar-refractivity contribution in [2.45, 2.75) is 45.1 Å². The van der Waals surface area contributed by atoms with E-state index in [2.05, 4.69) is 10.3 Å². The summed E-state index contributed by atoms with van der Waals surface area (Å²) < 4.78 is 0. The number of aliphatic hydroxyl groups is 1. The standard InChI is InChI=1S/C13H20N2O2S/c1-9-15-11(8-18-9)6-13(17)14-7-10-4-2-3-5-12(10)16/h8,10,12,16H,2-7H2,1H3,(H,14,17). The van der Waals surface area contributed by atoms with Crippen molar-refractivity contribution < 1.29 is 9.90 Å². The smallest absolute Gasteiger partial charge is 0.226 e. The second-order valence-corrected chi connectivity index (χ2v) is 6.01. The summed E-state index contributed by atoms with van der Waals surface area (Å²) in [5.74, 6) is 0.220. The summed E-state index contributed by atoms with van der Waals surface area (Å²) >= 11 is 1.56. The molecule has 0 saturated heterocycles. The minimum atomic E-state index is -0.249. The van der Waals surface area contributed by atoms with Crippen LogP contribution in [0.5, 0.6) is 0 Å². The number of hydrogen-bond acceptors (Lipinski definition) is 4. The molecule has 2 atom stereocenters. The lowest BCUT2D eigenvalue weighted by Crippen LogP contribution is -2.37. The van der Waals surface area contributed by atoms with Crippen molar-refractivity contribution in [3.8, 4) is 0 Å². The third-order valence-corrected chi connectivity index (χ3v) is 4.26. The molecule has 4 nitrogen and oxygen atoms in total. The predicted molar refractivity (Wildman–Crippen MR) is 71.5 cm³/mol. The summed E-state index contributed by atoms with van der Waals surface area (Å²) in [6, 6.07) is 0. The van der Waals surface area contributed by atoms with E-state index in [0.29, 0.717) is 13.0 Å². The highest BCUT2D eigenvalue weighted by Gasteiger charge is 2.23. The molecule has 0 spiro atoms. The number of nitrogens with one attached hydrogen (secondary N) is 1. The zero-order chi connectivity index (χ0) is 13.0. The van der Waals surface area contributed by atoms with Crippen molar-refractivity contribution in [3.63, 3.8) is 0 Å². The number of amides is 1. The van der Waals surface area contributed by atoms with Gasteiger partial charge in [0.25, 0.3) is 0 Å². The number of aromatic nitrogens is 1. The average Bonchev–Trinajstić information content (AvgIpc) is 2.74. The predicted octanol–water partition coefficient (Wildman–Crippen LogP) is 1.66. The van der Waals surface area contributed by atoms with Crippen LogP contribution in [-0.2, 0) is 11.2 Å². The molecular formula is C13H20N2O2S. The number of carbonyl (C=O) groups excluding carboxylic acids is 1. The van der Waals surface area contributed by atoms with E-state index in [9.17, 15) is 9.90 Å². The molecule has 0 radical (unpaired) electrons. The zero-order valence-electron chi connectivity index (χ0n) is 10.7. The molecule has 0 bridgehead atoms. The van der Waals surface area contributed by atoms with Gasteiger partial charge in [-0.15, -0.1) is 11.3 Å². The van der Waals surface area contributed by atoms with E-state index in [1.165, 1.54) is 0 Å². The van der Waals surface area contributed by atoms with E-state index >= 15 is 0 Å². The van der Waals surface area contributed by atoms with Crippen LogP contribution in [0.15, 0.2) is 5.38 Å². The van der Waals surface area contributed by atoms with Crippen molar-refractivity contribution in [1.29, 1.82) is 0 Å². The fourth-order valence-corrected chi connectivity index (χ4v) is 3.00. The Balaban J connectivity index is 1.74. The maximum atomic E-state index is 11.7. The molecule has 1 heterocycles. The highest BCUT2D eigenvalue weighted by atomic mass is 32.1. The molecule has 0 aromatic carbocycles. The van der Waals surface area contributed by atoms with E-state index in [1.54, 1.807) is 11.3 Å². The normalized spacial score (nSPS) is 23.9. The SMILES string of the molecule is Cc1nc(CC(=O)NCC2CCCCC2O)cs1. The van der Waals surface area contributed by atoms with Crippen LogP contribution in [-0.4, -0.2) is 28.6 Å². The molecule has 1 aliphatic rings. The van der Waals surface area contributed by atoms with Gasteiger partial charge in [-0.05, 0) is 19.8 Å². The first-order valence-electron chi connectivity index (χ1n) is 6.51. The number of rotatable bonds is 4. The van der Waals surface area contributed by atoms with E-state index in [4.69, 9.17) is 0 Å². The second kappa shape index (κ2) is 6.29. The Morgan fingerprint density at radius 1 is 1.56 bits per heavy atom. The van der Waals surface area contributed by atoms with Crippen LogP contribution in [0.25, 0.3) is 0 Å². The van der Waals surface area contributed by atoms with Crippen LogP contribution in [0.1, 0.15) is 36.4 Å². The Kier molecular flexibility index (Phi) is 4.72. The first-order chi connectivity index (χ1) is 8.65. The van der Waals surface area contributed by atoms with Crippen LogP contribution in [0, 0.1) is 12.8 Å². The average molecular weight is 268 g/mol. The molecule has 1 amide bonds. The summed E-state index contributed by atoms with van der Waals surface area (Å²) in [5, 5.41) is 15.6. The molecule has 100 valence electrons. The molecule has 1 aromatic heterocycles. The van der Waals surface area contributed by atoms with Gasteiger partial charge in [0.2, 0.25) is 5.91 Å². The third-order valence-electron chi connectivity index (χ3n) is 3.44. The van der Waals surface area contributed by atoms with Gasteiger partial charge >= 0.3 is 0 Å². The molecular weight excluding hydrogens is 248 g/mol. The molecule has 2 rings (SSSR count). The van der Waals surface area contributed by atoms with E-state index in [0.717, 1.165) is 36.4 Å². The van der Waals surface area contributed by atoms with Crippen molar-refractivity contribution in [3.05, 3.63) is 16.1 Å². The first kappa shape index (κ1) is 13.5. The fourth-order valence-electron chi connectivity index (χ4n) is 2.39. The Hall–Kier alpha value is -0.940. The van der Waals surface area contributed by atoms with Crippen LogP contribution in [0.3, 0.4) is 0 Å². The first-order valence-corrected chi connectivity index (χ1v) is 7.39. The minimum Gasteiger partial charge on any atom is -0.393 e. The summed E-state index contributed by atoms with van der Waals surface area (Å²) in [4.78, 5) is 16.0. The van der Waals surface area contributed by atoms with Crippen LogP contribution >= 0.6 is 11.3 Å². The third kappa shape index (κ3) is 3.78. The van der Waals surface area contributed by atoms with Gasteiger partial charge in [-0.3, -0.25) is 4.79 Å². The summed E-state index contributed by atoms with van der Waals surface area (Å²) in [6.45, 7) is 2.52. The molecule has 1 aliphatic carbocycles. The van der Waals surface area contributed by atoms with Crippen LogP contribution in [0.2, 0.25) is 0 Å². The molecule has 0 aliphatic heterocycles. The molecule has 2 unspecified atom stereocenters. The van der Waals surface area contributed by atoms with Crippen LogP contribution < -0.4 is 5.32 Å². The van der Waals surface area contributed by atoms with Crippen LogP contribution in [0.4, 0.5) is 0 Å². The summed E-state index contributed by atoms with van der Waals surface area (Å²) in [5.41, 5.74) is 0.833. The lowest BCUT2D eigenvalue weighted by atomic mass is 9.86. The number of aryl methyl sites for hydroxylation is 1. The topological polar surface area (TPSA) is 62.2 Å². The highest BCUT2D eigenvalue weighted by Crippen LogP contribution is 2.23. The molecule has 5 heteroatoms. The van der Waals surface area contributed by atoms with Gasteiger partial charge in [-0.2, -0.15) is 0 Å². The maximum Gasteiger partial charge on any atom is 0.226 e. The molecule has 1 fully saturated rings. The van der Waals surface area contributed by atoms with Crippen molar-refractivity contribution in [1.82, 2.24) is 10.3 Å². The molecule has 1 aromatic rings. The molecule has 2 N–H and O–H groups in total. The van der Waals surface area contributed by atoms with Gasteiger partial charge < -0.3 is 10.4 Å². The van der Waals surface area contributed by atoms with Crippen molar-refractivity contribution >= 4 is 17.2 Å². The number of hydrogen-bond donors (Lipinski definition) is 2. The van der Waals surface area contributed by atoms with Crippen molar-refractivity contribution in [2.75, 3.05) is 6.54 Å². The highest BCUT2D eigenvalue weighted by molar-refractivity contribution is 7.09. The monoisotopic (exact) mass is 268 g/mol. The van der Waals surface area contributed by atoms with E-state index in [1.807, 2.05) is 12.3 Å². The number of carbonyl (C=O) groups is 1. The van der Waals surface area contributed by atoms with E-state index in [-0.39, 0.29) is 17.9 Å².